The number of hydrogen-bond donors (Lipinski definition) is 0. The van der Waals surface area contributed by atoms with E-state index in [4.69, 9.17) is 14.2 Å². The molecule has 0 unspecified atom stereocenters. The maximum absolute atomic E-state index is 12.7. The Labute approximate surface area is 182 Å². The third kappa shape index (κ3) is 5.34. The van der Waals surface area contributed by atoms with Gasteiger partial charge in [0.15, 0.2) is 6.61 Å². The third-order valence-electron chi connectivity index (χ3n) is 5.08. The number of ketones is 1. The molecule has 0 aliphatic rings. The average molecular weight is 421 g/mol. The van der Waals surface area contributed by atoms with Gasteiger partial charge < -0.3 is 18.8 Å². The Morgan fingerprint density at radius 3 is 2.35 bits per heavy atom. The molecule has 2 aromatic carbocycles. The van der Waals surface area contributed by atoms with Gasteiger partial charge in [-0.25, -0.2) is 0 Å². The van der Waals surface area contributed by atoms with Crippen molar-refractivity contribution in [3.8, 4) is 17.2 Å². The highest BCUT2D eigenvalue weighted by atomic mass is 16.5. The number of hydrogen-bond acceptors (Lipinski definition) is 5. The Morgan fingerprint density at radius 1 is 0.968 bits per heavy atom. The summed E-state index contributed by atoms with van der Waals surface area (Å²) in [5, 5.41) is 0. The van der Waals surface area contributed by atoms with Crippen molar-refractivity contribution in [3.05, 3.63) is 77.1 Å². The predicted molar refractivity (Wildman–Crippen MR) is 118 cm³/mol. The fourth-order valence-electron chi connectivity index (χ4n) is 3.43. The van der Waals surface area contributed by atoms with Crippen LogP contribution in [0.4, 0.5) is 0 Å². The molecule has 31 heavy (non-hydrogen) atoms. The van der Waals surface area contributed by atoms with E-state index in [2.05, 4.69) is 0 Å². The number of carbonyl (C=O) groups is 2. The molecule has 0 bridgehead atoms. The summed E-state index contributed by atoms with van der Waals surface area (Å²) in [7, 11) is 1.62. The SMILES string of the molecule is COc1ccc(-n2c(C)cc(C(=O)COC(=O)CCOc3ccccc3C)c2C)cc1. The molecule has 3 aromatic rings. The first-order chi connectivity index (χ1) is 14.9. The molecule has 0 radical (unpaired) electrons. The van der Waals surface area contributed by atoms with Gasteiger partial charge in [-0.15, -0.1) is 0 Å². The number of esters is 1. The number of aryl methyl sites for hydroxylation is 2. The molecule has 0 aliphatic heterocycles. The first-order valence-electron chi connectivity index (χ1n) is 10.1. The van der Waals surface area contributed by atoms with Gasteiger partial charge in [-0.1, -0.05) is 18.2 Å². The lowest BCUT2D eigenvalue weighted by atomic mass is 10.1. The molecule has 0 aliphatic carbocycles. The second-order valence-electron chi connectivity index (χ2n) is 7.27. The average Bonchev–Trinajstić information content (AvgIpc) is 3.07. The van der Waals surface area contributed by atoms with E-state index in [-0.39, 0.29) is 25.4 Å². The van der Waals surface area contributed by atoms with Crippen LogP contribution in [-0.4, -0.2) is 36.6 Å². The normalized spacial score (nSPS) is 10.6. The van der Waals surface area contributed by atoms with E-state index in [1.165, 1.54) is 0 Å². The van der Waals surface area contributed by atoms with Crippen LogP contribution in [0, 0.1) is 20.8 Å². The van der Waals surface area contributed by atoms with E-state index in [0.29, 0.717) is 5.56 Å². The topological polar surface area (TPSA) is 66.8 Å². The van der Waals surface area contributed by atoms with E-state index in [1.807, 2.05) is 79.9 Å². The molecule has 0 amide bonds. The molecule has 0 saturated heterocycles. The van der Waals surface area contributed by atoms with Crippen LogP contribution in [0.5, 0.6) is 11.5 Å². The van der Waals surface area contributed by atoms with Crippen LogP contribution < -0.4 is 9.47 Å². The lowest BCUT2D eigenvalue weighted by molar-refractivity contribution is -0.143. The molecule has 0 fully saturated rings. The summed E-state index contributed by atoms with van der Waals surface area (Å²) >= 11 is 0. The summed E-state index contributed by atoms with van der Waals surface area (Å²) in [5.74, 6) is 0.796. The maximum Gasteiger partial charge on any atom is 0.309 e. The van der Waals surface area contributed by atoms with Gasteiger partial charge in [0.25, 0.3) is 0 Å². The Bertz CT molecular complexity index is 1070. The molecule has 6 nitrogen and oxygen atoms in total. The first-order valence-corrected chi connectivity index (χ1v) is 10.1. The summed E-state index contributed by atoms with van der Waals surface area (Å²) in [6, 6.07) is 17.0. The van der Waals surface area contributed by atoms with E-state index in [1.54, 1.807) is 7.11 Å². The molecule has 1 heterocycles. The van der Waals surface area contributed by atoms with Crippen LogP contribution in [0.3, 0.4) is 0 Å². The standard InChI is InChI=1S/C25H27NO5/c1-17-7-5-6-8-24(17)30-14-13-25(28)31-16-23(27)22-15-18(2)26(19(22)3)20-9-11-21(29-4)12-10-20/h5-12,15H,13-14,16H2,1-4H3. The highest BCUT2D eigenvalue weighted by Crippen LogP contribution is 2.23. The Hall–Kier alpha value is -3.54. The maximum atomic E-state index is 12.7. The van der Waals surface area contributed by atoms with Crippen molar-refractivity contribution in [1.29, 1.82) is 0 Å². The monoisotopic (exact) mass is 421 g/mol. The van der Waals surface area contributed by atoms with Gasteiger partial charge in [-0.3, -0.25) is 9.59 Å². The minimum atomic E-state index is -0.467. The van der Waals surface area contributed by atoms with Crippen molar-refractivity contribution in [3.63, 3.8) is 0 Å². The van der Waals surface area contributed by atoms with E-state index in [0.717, 1.165) is 34.1 Å². The van der Waals surface area contributed by atoms with Gasteiger partial charge in [0.2, 0.25) is 5.78 Å². The molecule has 0 atom stereocenters. The van der Waals surface area contributed by atoms with E-state index in [9.17, 15) is 9.59 Å². The molecule has 0 spiro atoms. The molecular formula is C25H27NO5. The number of rotatable bonds is 9. The largest absolute Gasteiger partial charge is 0.497 e. The number of para-hydroxylation sites is 1. The number of aromatic nitrogens is 1. The summed E-state index contributed by atoms with van der Waals surface area (Å²) in [5.41, 5.74) is 4.19. The van der Waals surface area contributed by atoms with Gasteiger partial charge in [-0.05, 0) is 62.7 Å². The molecule has 1 aromatic heterocycles. The number of nitrogens with zero attached hydrogens (tertiary/aromatic N) is 1. The third-order valence-corrected chi connectivity index (χ3v) is 5.08. The van der Waals surface area contributed by atoms with Crippen molar-refractivity contribution in [2.45, 2.75) is 27.2 Å². The van der Waals surface area contributed by atoms with Gasteiger partial charge in [0.1, 0.15) is 11.5 Å². The fourth-order valence-corrected chi connectivity index (χ4v) is 3.43. The Kier molecular flexibility index (Phi) is 7.13. The zero-order valence-electron chi connectivity index (χ0n) is 18.3. The second-order valence-corrected chi connectivity index (χ2v) is 7.27. The lowest BCUT2D eigenvalue weighted by Gasteiger charge is -2.11. The number of ether oxygens (including phenoxy) is 3. The van der Waals surface area contributed by atoms with Crippen LogP contribution in [0.25, 0.3) is 5.69 Å². The van der Waals surface area contributed by atoms with Crippen molar-refractivity contribution in [1.82, 2.24) is 4.57 Å². The molecular weight excluding hydrogens is 394 g/mol. The second kappa shape index (κ2) is 9.98. The zero-order valence-corrected chi connectivity index (χ0v) is 18.3. The minimum Gasteiger partial charge on any atom is -0.497 e. The first kappa shape index (κ1) is 22.2. The molecule has 3 rings (SSSR count). The van der Waals surface area contributed by atoms with Crippen LogP contribution in [0.15, 0.2) is 54.6 Å². The zero-order chi connectivity index (χ0) is 22.4. The number of Topliss-reactive ketones (excluding diaryl/α,β-unsaturated/α-hetero) is 1. The summed E-state index contributed by atoms with van der Waals surface area (Å²) in [6.45, 7) is 5.65. The quantitative estimate of drug-likeness (QED) is 0.373. The molecule has 162 valence electrons. The van der Waals surface area contributed by atoms with Gasteiger partial charge in [0.05, 0.1) is 20.1 Å². The summed E-state index contributed by atoms with van der Waals surface area (Å²) in [6.07, 6.45) is 0.0759. The fraction of sp³-hybridized carbons (Fsp3) is 0.280. The van der Waals surface area contributed by atoms with Gasteiger partial charge in [-0.2, -0.15) is 0 Å². The van der Waals surface area contributed by atoms with Crippen LogP contribution in [0.2, 0.25) is 0 Å². The van der Waals surface area contributed by atoms with Crippen LogP contribution in [0.1, 0.15) is 33.7 Å². The van der Waals surface area contributed by atoms with E-state index < -0.39 is 5.97 Å². The molecule has 6 heteroatoms. The smallest absolute Gasteiger partial charge is 0.309 e. The summed E-state index contributed by atoms with van der Waals surface area (Å²) in [4.78, 5) is 24.7. The van der Waals surface area contributed by atoms with Gasteiger partial charge in [0, 0.05) is 22.6 Å². The number of carbonyl (C=O) groups excluding carboxylic acids is 2. The van der Waals surface area contributed by atoms with E-state index >= 15 is 0 Å². The van der Waals surface area contributed by atoms with Crippen molar-refractivity contribution >= 4 is 11.8 Å². The minimum absolute atomic E-state index is 0.0759. The molecule has 0 N–H and O–H groups in total. The highest BCUT2D eigenvalue weighted by Gasteiger charge is 2.18. The summed E-state index contributed by atoms with van der Waals surface area (Å²) < 4.78 is 18.0. The number of methoxy groups -OCH3 is 1. The van der Waals surface area contributed by atoms with Crippen LogP contribution in [-0.2, 0) is 9.53 Å². The van der Waals surface area contributed by atoms with Crippen LogP contribution >= 0.6 is 0 Å². The molecule has 0 saturated carbocycles. The number of benzene rings is 2. The van der Waals surface area contributed by atoms with Crippen molar-refractivity contribution in [2.24, 2.45) is 0 Å². The lowest BCUT2D eigenvalue weighted by Crippen LogP contribution is -2.16. The Balaban J connectivity index is 1.56. The van der Waals surface area contributed by atoms with Crippen molar-refractivity contribution in [2.75, 3.05) is 20.3 Å². The van der Waals surface area contributed by atoms with Gasteiger partial charge >= 0.3 is 5.97 Å². The Morgan fingerprint density at radius 2 is 1.68 bits per heavy atom. The highest BCUT2D eigenvalue weighted by molar-refractivity contribution is 5.99. The predicted octanol–water partition coefficient (Wildman–Crippen LogP) is 4.61. The van der Waals surface area contributed by atoms with Crippen molar-refractivity contribution < 1.29 is 23.8 Å².